The zero-order chi connectivity index (χ0) is 16.1. The summed E-state index contributed by atoms with van der Waals surface area (Å²) in [5.41, 5.74) is 10.6. The number of carbonyl (C=O) groups excluding carboxylic acids is 1. The van der Waals surface area contributed by atoms with Gasteiger partial charge in [0, 0.05) is 19.8 Å². The van der Waals surface area contributed by atoms with E-state index in [-0.39, 0.29) is 0 Å². The second-order valence-electron chi connectivity index (χ2n) is 4.78. The Morgan fingerprint density at radius 1 is 1.36 bits per heavy atom. The van der Waals surface area contributed by atoms with Crippen LogP contribution in [0.4, 0.5) is 20.6 Å². The number of amides is 2. The number of nitrogens with zero attached hydrogens (tertiary/aromatic N) is 3. The molecule has 1 aromatic carbocycles. The van der Waals surface area contributed by atoms with Crippen molar-refractivity contribution in [1.29, 1.82) is 0 Å². The molecule has 0 aliphatic heterocycles. The van der Waals surface area contributed by atoms with Crippen LogP contribution in [0, 0.1) is 6.92 Å². The number of carbonyl (C=O) groups is 1. The summed E-state index contributed by atoms with van der Waals surface area (Å²) in [5, 5.41) is 7.57. The van der Waals surface area contributed by atoms with Crippen LogP contribution in [-0.2, 0) is 0 Å². The third kappa shape index (κ3) is 4.19. The fourth-order valence-electron chi connectivity index (χ4n) is 1.69. The number of nitrogen functional groups attached to an aromatic ring is 1. The first-order chi connectivity index (χ1) is 10.5. The van der Waals surface area contributed by atoms with Gasteiger partial charge in [-0.05, 0) is 24.6 Å². The maximum Gasteiger partial charge on any atom is 0.340 e. The van der Waals surface area contributed by atoms with E-state index in [4.69, 9.17) is 5.73 Å². The Hall–Kier alpha value is -2.61. The Labute approximate surface area is 132 Å². The minimum Gasteiger partial charge on any atom is -0.378 e. The van der Waals surface area contributed by atoms with E-state index in [2.05, 4.69) is 20.8 Å². The summed E-state index contributed by atoms with van der Waals surface area (Å²) in [6.45, 7) is 1.78. The van der Waals surface area contributed by atoms with Crippen molar-refractivity contribution < 1.29 is 4.79 Å². The normalized spacial score (nSPS) is 10.7. The number of nitrogens with two attached hydrogens (primary N) is 1. The highest BCUT2D eigenvalue weighted by Gasteiger charge is 2.08. The zero-order valence-corrected chi connectivity index (χ0v) is 13.4. The minimum atomic E-state index is -0.437. The molecule has 116 valence electrons. The first-order valence-electron chi connectivity index (χ1n) is 6.56. The van der Waals surface area contributed by atoms with Crippen LogP contribution in [0.3, 0.4) is 0 Å². The first-order valence-corrected chi connectivity index (χ1v) is 7.37. The molecule has 4 N–H and O–H groups in total. The predicted molar refractivity (Wildman–Crippen MR) is 91.8 cm³/mol. The molecule has 2 aromatic rings. The van der Waals surface area contributed by atoms with E-state index in [1.54, 1.807) is 13.1 Å². The minimum absolute atomic E-state index is 0.414. The lowest BCUT2D eigenvalue weighted by Gasteiger charge is -2.11. The molecule has 1 heterocycles. The fraction of sp³-hybridized carbons (Fsp3) is 0.214. The third-order valence-electron chi connectivity index (χ3n) is 2.83. The maximum atomic E-state index is 11.7. The van der Waals surface area contributed by atoms with E-state index in [1.807, 2.05) is 43.3 Å². The number of aryl methyl sites for hydroxylation is 1. The highest BCUT2D eigenvalue weighted by atomic mass is 32.1. The predicted octanol–water partition coefficient (Wildman–Crippen LogP) is 2.26. The summed E-state index contributed by atoms with van der Waals surface area (Å²) in [5.74, 6) is 0. The molecule has 2 rings (SSSR count). The van der Waals surface area contributed by atoms with Gasteiger partial charge in [-0.25, -0.2) is 15.2 Å². The average molecular weight is 318 g/mol. The van der Waals surface area contributed by atoms with Gasteiger partial charge in [0.05, 0.1) is 11.9 Å². The number of rotatable bonds is 4. The number of thiazole rings is 1. The largest absolute Gasteiger partial charge is 0.378 e. The molecular formula is C14H18N6OS. The van der Waals surface area contributed by atoms with Gasteiger partial charge < -0.3 is 10.6 Å². The topological polar surface area (TPSA) is 95.6 Å². The average Bonchev–Trinajstić information content (AvgIpc) is 2.77. The van der Waals surface area contributed by atoms with E-state index in [0.717, 1.165) is 11.3 Å². The number of urea groups is 1. The van der Waals surface area contributed by atoms with Gasteiger partial charge in [0.25, 0.3) is 0 Å². The molecule has 0 fully saturated rings. The molecular weight excluding hydrogens is 300 g/mol. The van der Waals surface area contributed by atoms with E-state index in [9.17, 15) is 4.79 Å². The Balaban J connectivity index is 1.89. The van der Waals surface area contributed by atoms with Crippen LogP contribution in [0.15, 0.2) is 29.4 Å². The van der Waals surface area contributed by atoms with Crippen LogP contribution in [0.25, 0.3) is 0 Å². The van der Waals surface area contributed by atoms with E-state index < -0.39 is 6.03 Å². The molecule has 2 amide bonds. The summed E-state index contributed by atoms with van der Waals surface area (Å²) in [6.07, 6.45) is 1.58. The van der Waals surface area contributed by atoms with Crippen molar-refractivity contribution in [3.05, 3.63) is 35.5 Å². The molecule has 0 aliphatic rings. The van der Waals surface area contributed by atoms with Gasteiger partial charge >= 0.3 is 6.03 Å². The number of hydrogen-bond donors (Lipinski definition) is 3. The Kier molecular flexibility index (Phi) is 4.95. The number of hydrazone groups is 1. The summed E-state index contributed by atoms with van der Waals surface area (Å²) < 4.78 is 0. The fourth-order valence-corrected chi connectivity index (χ4v) is 2.42. The van der Waals surface area contributed by atoms with Crippen molar-refractivity contribution >= 4 is 39.4 Å². The molecule has 0 spiro atoms. The number of nitrogens with one attached hydrogen (secondary N) is 2. The van der Waals surface area contributed by atoms with Gasteiger partial charge in [0.2, 0.25) is 0 Å². The number of hydrogen-bond acceptors (Lipinski definition) is 6. The Morgan fingerprint density at radius 3 is 2.59 bits per heavy atom. The van der Waals surface area contributed by atoms with Crippen molar-refractivity contribution in [3.8, 4) is 0 Å². The van der Waals surface area contributed by atoms with Gasteiger partial charge in [-0.3, -0.25) is 5.32 Å². The van der Waals surface area contributed by atoms with Crippen LogP contribution in [0.2, 0.25) is 0 Å². The zero-order valence-electron chi connectivity index (χ0n) is 12.6. The monoisotopic (exact) mass is 318 g/mol. The number of benzene rings is 1. The lowest BCUT2D eigenvalue weighted by atomic mass is 10.2. The molecule has 0 atom stereocenters. The SMILES string of the molecule is Cc1nc(N)sc1NC(=O)NN=Cc1ccc(N(C)C)cc1. The molecule has 22 heavy (non-hydrogen) atoms. The van der Waals surface area contributed by atoms with E-state index >= 15 is 0 Å². The molecule has 8 heteroatoms. The van der Waals surface area contributed by atoms with Crippen molar-refractivity contribution in [2.45, 2.75) is 6.92 Å². The third-order valence-corrected chi connectivity index (χ3v) is 3.73. The molecule has 0 bridgehead atoms. The molecule has 7 nitrogen and oxygen atoms in total. The van der Waals surface area contributed by atoms with Gasteiger partial charge in [-0.15, -0.1) is 0 Å². The summed E-state index contributed by atoms with van der Waals surface area (Å²) in [4.78, 5) is 17.7. The van der Waals surface area contributed by atoms with Crippen LogP contribution in [0.5, 0.6) is 0 Å². The summed E-state index contributed by atoms with van der Waals surface area (Å²) in [7, 11) is 3.95. The molecule has 1 aromatic heterocycles. The Bertz CT molecular complexity index is 677. The second kappa shape index (κ2) is 6.90. The smallest absolute Gasteiger partial charge is 0.340 e. The molecule has 0 unspecified atom stereocenters. The van der Waals surface area contributed by atoms with E-state index in [0.29, 0.717) is 15.8 Å². The highest BCUT2D eigenvalue weighted by molar-refractivity contribution is 7.19. The Morgan fingerprint density at radius 2 is 2.05 bits per heavy atom. The van der Waals surface area contributed by atoms with Gasteiger partial charge in [0.1, 0.15) is 5.00 Å². The van der Waals surface area contributed by atoms with Gasteiger partial charge in [0.15, 0.2) is 5.13 Å². The standard InChI is InChI=1S/C14H18N6OS/c1-9-12(22-13(15)17-9)18-14(21)19-16-8-10-4-6-11(7-5-10)20(2)3/h4-8H,1-3H3,(H2,15,17)(H2,18,19,21). The van der Waals surface area contributed by atoms with Crippen molar-refractivity contribution in [1.82, 2.24) is 10.4 Å². The van der Waals surface area contributed by atoms with E-state index in [1.165, 1.54) is 11.3 Å². The molecule has 0 radical (unpaired) electrons. The first kappa shape index (κ1) is 15.8. The highest BCUT2D eigenvalue weighted by Crippen LogP contribution is 2.25. The van der Waals surface area contributed by atoms with Gasteiger partial charge in [-0.2, -0.15) is 5.10 Å². The van der Waals surface area contributed by atoms with Crippen molar-refractivity contribution in [2.75, 3.05) is 30.0 Å². The second-order valence-corrected chi connectivity index (χ2v) is 5.81. The van der Waals surface area contributed by atoms with Crippen molar-refractivity contribution in [2.24, 2.45) is 5.10 Å². The van der Waals surface area contributed by atoms with Gasteiger partial charge in [-0.1, -0.05) is 23.5 Å². The lowest BCUT2D eigenvalue weighted by Crippen LogP contribution is -2.24. The number of anilines is 3. The van der Waals surface area contributed by atoms with Crippen molar-refractivity contribution in [3.63, 3.8) is 0 Å². The van der Waals surface area contributed by atoms with Crippen LogP contribution in [-0.4, -0.2) is 31.3 Å². The number of aromatic nitrogens is 1. The maximum absolute atomic E-state index is 11.7. The van der Waals surface area contributed by atoms with Crippen LogP contribution < -0.4 is 21.4 Å². The quantitative estimate of drug-likeness (QED) is 0.595. The summed E-state index contributed by atoms with van der Waals surface area (Å²) >= 11 is 1.22. The lowest BCUT2D eigenvalue weighted by molar-refractivity contribution is 0.252. The molecule has 0 saturated heterocycles. The summed E-state index contributed by atoms with van der Waals surface area (Å²) in [6, 6.07) is 7.36. The van der Waals surface area contributed by atoms with Crippen LogP contribution in [0.1, 0.15) is 11.3 Å². The molecule has 0 aliphatic carbocycles. The molecule has 0 saturated carbocycles. The van der Waals surface area contributed by atoms with Crippen LogP contribution >= 0.6 is 11.3 Å².